The van der Waals surface area contributed by atoms with Crippen LogP contribution in [0, 0.1) is 0 Å². The zero-order chi connectivity index (χ0) is 12.4. The van der Waals surface area contributed by atoms with E-state index in [9.17, 15) is 0 Å². The van der Waals surface area contributed by atoms with E-state index in [1.807, 2.05) is 6.07 Å². The quantitative estimate of drug-likeness (QED) is 0.900. The minimum Gasteiger partial charge on any atom is -0.439 e. The first-order valence-electron chi connectivity index (χ1n) is 6.72. The fourth-order valence-corrected chi connectivity index (χ4v) is 2.46. The molecule has 0 saturated carbocycles. The molecule has 0 atom stereocenters. The van der Waals surface area contributed by atoms with E-state index in [-0.39, 0.29) is 0 Å². The molecule has 1 aliphatic heterocycles. The SMILES string of the molecule is CCCc1nc2cccc(N3CCNCC3)c2o1. The third-order valence-corrected chi connectivity index (χ3v) is 3.36. The average molecular weight is 245 g/mol. The van der Waals surface area contributed by atoms with E-state index in [1.54, 1.807) is 0 Å². The van der Waals surface area contributed by atoms with Gasteiger partial charge in [0, 0.05) is 32.6 Å². The molecule has 1 saturated heterocycles. The summed E-state index contributed by atoms with van der Waals surface area (Å²) >= 11 is 0. The molecule has 0 unspecified atom stereocenters. The highest BCUT2D eigenvalue weighted by molar-refractivity contribution is 5.86. The van der Waals surface area contributed by atoms with Gasteiger partial charge in [0.05, 0.1) is 5.69 Å². The summed E-state index contributed by atoms with van der Waals surface area (Å²) in [4.78, 5) is 6.92. The monoisotopic (exact) mass is 245 g/mol. The van der Waals surface area contributed by atoms with Gasteiger partial charge in [-0.3, -0.25) is 0 Å². The van der Waals surface area contributed by atoms with Gasteiger partial charge >= 0.3 is 0 Å². The molecule has 2 heterocycles. The van der Waals surface area contributed by atoms with Gasteiger partial charge in [0.1, 0.15) is 5.52 Å². The van der Waals surface area contributed by atoms with E-state index in [0.717, 1.165) is 56.0 Å². The van der Waals surface area contributed by atoms with Crippen LogP contribution in [0.4, 0.5) is 5.69 Å². The zero-order valence-electron chi connectivity index (χ0n) is 10.8. The molecular weight excluding hydrogens is 226 g/mol. The fraction of sp³-hybridized carbons (Fsp3) is 0.500. The molecule has 1 aromatic heterocycles. The van der Waals surface area contributed by atoms with E-state index >= 15 is 0 Å². The smallest absolute Gasteiger partial charge is 0.195 e. The Kier molecular flexibility index (Phi) is 3.19. The Morgan fingerprint density at radius 3 is 2.94 bits per heavy atom. The van der Waals surface area contributed by atoms with Crippen molar-refractivity contribution >= 4 is 16.8 Å². The van der Waals surface area contributed by atoms with Crippen molar-refractivity contribution in [2.45, 2.75) is 19.8 Å². The molecular formula is C14H19N3O. The summed E-state index contributed by atoms with van der Waals surface area (Å²) in [7, 11) is 0. The highest BCUT2D eigenvalue weighted by Gasteiger charge is 2.16. The first kappa shape index (κ1) is 11.5. The van der Waals surface area contributed by atoms with Crippen molar-refractivity contribution in [3.63, 3.8) is 0 Å². The summed E-state index contributed by atoms with van der Waals surface area (Å²) < 4.78 is 5.92. The third-order valence-electron chi connectivity index (χ3n) is 3.36. The van der Waals surface area contributed by atoms with Crippen LogP contribution < -0.4 is 10.2 Å². The number of aromatic nitrogens is 1. The van der Waals surface area contributed by atoms with Crippen molar-refractivity contribution in [3.05, 3.63) is 24.1 Å². The van der Waals surface area contributed by atoms with Crippen LogP contribution in [0.15, 0.2) is 22.6 Å². The number of oxazole rings is 1. The van der Waals surface area contributed by atoms with Crippen LogP contribution in [-0.4, -0.2) is 31.2 Å². The number of hydrogen-bond donors (Lipinski definition) is 1. The normalized spacial score (nSPS) is 16.4. The van der Waals surface area contributed by atoms with Gasteiger partial charge < -0.3 is 14.6 Å². The van der Waals surface area contributed by atoms with Crippen LogP contribution in [-0.2, 0) is 6.42 Å². The summed E-state index contributed by atoms with van der Waals surface area (Å²) in [6.07, 6.45) is 1.98. The lowest BCUT2D eigenvalue weighted by molar-refractivity contribution is 0.522. The van der Waals surface area contributed by atoms with E-state index in [1.165, 1.54) is 5.69 Å². The van der Waals surface area contributed by atoms with E-state index in [2.05, 4.69) is 34.3 Å². The Labute approximate surface area is 107 Å². The molecule has 1 aliphatic rings. The van der Waals surface area contributed by atoms with Crippen molar-refractivity contribution < 1.29 is 4.42 Å². The van der Waals surface area contributed by atoms with Crippen LogP contribution in [0.25, 0.3) is 11.1 Å². The summed E-state index contributed by atoms with van der Waals surface area (Å²) in [5.41, 5.74) is 3.11. The Balaban J connectivity index is 1.99. The lowest BCUT2D eigenvalue weighted by Crippen LogP contribution is -2.43. The first-order chi connectivity index (χ1) is 8.88. The second kappa shape index (κ2) is 4.98. The largest absolute Gasteiger partial charge is 0.439 e. The van der Waals surface area contributed by atoms with Crippen LogP contribution in [0.3, 0.4) is 0 Å². The second-order valence-electron chi connectivity index (χ2n) is 4.72. The first-order valence-corrected chi connectivity index (χ1v) is 6.72. The molecule has 0 spiro atoms. The molecule has 0 bridgehead atoms. The Morgan fingerprint density at radius 2 is 2.17 bits per heavy atom. The van der Waals surface area contributed by atoms with E-state index in [4.69, 9.17) is 4.42 Å². The van der Waals surface area contributed by atoms with Crippen molar-refractivity contribution in [2.75, 3.05) is 31.1 Å². The number of rotatable bonds is 3. The van der Waals surface area contributed by atoms with Gasteiger partial charge in [0.2, 0.25) is 0 Å². The lowest BCUT2D eigenvalue weighted by atomic mass is 10.2. The van der Waals surface area contributed by atoms with Gasteiger partial charge in [-0.2, -0.15) is 0 Å². The molecule has 1 N–H and O–H groups in total. The number of nitrogens with one attached hydrogen (secondary N) is 1. The van der Waals surface area contributed by atoms with Crippen LogP contribution in [0.2, 0.25) is 0 Å². The molecule has 0 radical (unpaired) electrons. The Morgan fingerprint density at radius 1 is 1.33 bits per heavy atom. The number of aryl methyl sites for hydroxylation is 1. The fourth-order valence-electron chi connectivity index (χ4n) is 2.46. The minimum absolute atomic E-state index is 0.857. The highest BCUT2D eigenvalue weighted by Crippen LogP contribution is 2.28. The number of benzene rings is 1. The standard InChI is InChI=1S/C14H19N3O/c1-2-4-13-16-11-5-3-6-12(14(11)18-13)17-9-7-15-8-10-17/h3,5-6,15H,2,4,7-10H2,1H3. The number of nitrogens with zero attached hydrogens (tertiary/aromatic N) is 2. The molecule has 18 heavy (non-hydrogen) atoms. The average Bonchev–Trinajstić information content (AvgIpc) is 2.82. The molecule has 4 nitrogen and oxygen atoms in total. The topological polar surface area (TPSA) is 41.3 Å². The number of piperazine rings is 1. The second-order valence-corrected chi connectivity index (χ2v) is 4.72. The Bertz CT molecular complexity index is 529. The third kappa shape index (κ3) is 2.08. The molecule has 0 aliphatic carbocycles. The van der Waals surface area contributed by atoms with Crippen molar-refractivity contribution in [1.29, 1.82) is 0 Å². The molecule has 1 aromatic carbocycles. The van der Waals surface area contributed by atoms with Crippen LogP contribution in [0.5, 0.6) is 0 Å². The number of anilines is 1. The van der Waals surface area contributed by atoms with Gasteiger partial charge in [-0.1, -0.05) is 13.0 Å². The highest BCUT2D eigenvalue weighted by atomic mass is 16.3. The Hall–Kier alpha value is -1.55. The molecule has 1 fully saturated rings. The van der Waals surface area contributed by atoms with Crippen LogP contribution >= 0.6 is 0 Å². The van der Waals surface area contributed by atoms with Gasteiger partial charge in [-0.15, -0.1) is 0 Å². The van der Waals surface area contributed by atoms with Gasteiger partial charge in [0.15, 0.2) is 11.5 Å². The van der Waals surface area contributed by atoms with E-state index < -0.39 is 0 Å². The van der Waals surface area contributed by atoms with Crippen LogP contribution in [0.1, 0.15) is 19.2 Å². The predicted molar refractivity (Wildman–Crippen MR) is 73.1 cm³/mol. The zero-order valence-corrected chi connectivity index (χ0v) is 10.8. The predicted octanol–water partition coefficient (Wildman–Crippen LogP) is 2.19. The molecule has 96 valence electrons. The maximum Gasteiger partial charge on any atom is 0.195 e. The summed E-state index contributed by atoms with van der Waals surface area (Å²) in [5, 5.41) is 3.37. The molecule has 0 amide bonds. The molecule has 2 aromatic rings. The molecule has 3 rings (SSSR count). The maximum atomic E-state index is 5.92. The number of para-hydroxylation sites is 1. The van der Waals surface area contributed by atoms with E-state index in [0.29, 0.717) is 0 Å². The summed E-state index contributed by atoms with van der Waals surface area (Å²) in [6, 6.07) is 6.23. The summed E-state index contributed by atoms with van der Waals surface area (Å²) in [5.74, 6) is 0.857. The maximum absolute atomic E-state index is 5.92. The van der Waals surface area contributed by atoms with Crippen molar-refractivity contribution in [1.82, 2.24) is 10.3 Å². The number of fused-ring (bicyclic) bond motifs is 1. The van der Waals surface area contributed by atoms with Gasteiger partial charge in [0.25, 0.3) is 0 Å². The van der Waals surface area contributed by atoms with Crippen molar-refractivity contribution in [2.24, 2.45) is 0 Å². The number of hydrogen-bond acceptors (Lipinski definition) is 4. The van der Waals surface area contributed by atoms with Gasteiger partial charge in [-0.25, -0.2) is 4.98 Å². The van der Waals surface area contributed by atoms with Crippen molar-refractivity contribution in [3.8, 4) is 0 Å². The summed E-state index contributed by atoms with van der Waals surface area (Å²) in [6.45, 7) is 6.27. The molecule has 4 heteroatoms. The minimum atomic E-state index is 0.857. The van der Waals surface area contributed by atoms with Gasteiger partial charge in [-0.05, 0) is 18.6 Å². The lowest BCUT2D eigenvalue weighted by Gasteiger charge is -2.29.